The number of halogens is 2. The summed E-state index contributed by atoms with van der Waals surface area (Å²) in [6, 6.07) is 29.8. The minimum Gasteiger partial charge on any atom is -0.147 e. The Labute approximate surface area is 204 Å². The summed E-state index contributed by atoms with van der Waals surface area (Å²) in [6.45, 7) is 4.44. The van der Waals surface area contributed by atoms with Crippen LogP contribution in [0.2, 0.25) is 4.63 Å². The van der Waals surface area contributed by atoms with Gasteiger partial charge in [-0.05, 0) is 0 Å². The number of hydrogen-bond acceptors (Lipinski definition) is 0. The summed E-state index contributed by atoms with van der Waals surface area (Å²) in [5, 5.41) is 1.65. The van der Waals surface area contributed by atoms with Crippen molar-refractivity contribution in [1.29, 1.82) is 0 Å². The standard InChI is InChI=1S/2C10H9.C6H7Si.CH3.2ClH.Zr/c2*1-8-6-9-4-2-3-5-10(9)7-8;7-6-4-2-1-3-5-6;;;;/h2*2-7H,1H3;1-5H,7H2;1H3;2*1H;. The van der Waals surface area contributed by atoms with Gasteiger partial charge in [-0.25, -0.2) is 0 Å². The molecule has 3 aromatic carbocycles. The topological polar surface area (TPSA) is 0 Å². The second kappa shape index (κ2) is 9.75. The van der Waals surface area contributed by atoms with Gasteiger partial charge in [-0.3, -0.25) is 0 Å². The summed E-state index contributed by atoms with van der Waals surface area (Å²) >= 11 is -2.75. The monoisotopic (exact) mass is 542 g/mol. The molecule has 2 aliphatic carbocycles. The van der Waals surface area contributed by atoms with Gasteiger partial charge in [0, 0.05) is 0 Å². The smallest absolute Gasteiger partial charge is 0.147 e. The van der Waals surface area contributed by atoms with Crippen LogP contribution >= 0.6 is 24.8 Å². The zero-order valence-corrected chi connectivity index (χ0v) is 23.8. The maximum absolute atomic E-state index is 2.79. The third-order valence-corrected chi connectivity index (χ3v) is 32.4. The minimum atomic E-state index is -2.75. The van der Waals surface area contributed by atoms with Gasteiger partial charge in [0.1, 0.15) is 0 Å². The summed E-state index contributed by atoms with van der Waals surface area (Å²) in [6.07, 6.45) is 4.96. The second-order valence-corrected chi connectivity index (χ2v) is 32.1. The molecule has 2 unspecified atom stereocenters. The first kappa shape index (κ1) is 24.5. The molecule has 0 saturated carbocycles. The van der Waals surface area contributed by atoms with Gasteiger partial charge >= 0.3 is 181 Å². The Bertz CT molecular complexity index is 1070. The van der Waals surface area contributed by atoms with Crippen molar-refractivity contribution in [1.82, 2.24) is 0 Å². The van der Waals surface area contributed by atoms with E-state index in [1.807, 2.05) is 0 Å². The van der Waals surface area contributed by atoms with Crippen LogP contribution in [-0.2, 0) is 19.4 Å². The SMILES string of the molecule is CC1=Cc2ccccc2[CH]1[Zr]([CH3])([SiH2]c1ccccc1)[CH]1C(C)=Cc2ccccc21.Cl.Cl. The van der Waals surface area contributed by atoms with Crippen molar-refractivity contribution >= 4 is 48.8 Å². The van der Waals surface area contributed by atoms with Crippen molar-refractivity contribution in [3.8, 4) is 0 Å². The molecule has 0 radical (unpaired) electrons. The third kappa shape index (κ3) is 4.25. The fraction of sp³-hybridized carbons (Fsp3) is 0.185. The van der Waals surface area contributed by atoms with E-state index < -0.39 is 19.4 Å². The largest absolute Gasteiger partial charge is 0.147 e. The van der Waals surface area contributed by atoms with E-state index in [1.165, 1.54) is 11.1 Å². The van der Waals surface area contributed by atoms with Crippen LogP contribution in [0.25, 0.3) is 12.2 Å². The molecule has 0 nitrogen and oxygen atoms in total. The van der Waals surface area contributed by atoms with Gasteiger partial charge in [0.05, 0.1) is 0 Å². The fourth-order valence-corrected chi connectivity index (χ4v) is 36.7. The molecule has 0 aliphatic heterocycles. The summed E-state index contributed by atoms with van der Waals surface area (Å²) in [5.41, 5.74) is 9.39. The van der Waals surface area contributed by atoms with Crippen molar-refractivity contribution in [2.45, 2.75) is 25.7 Å². The van der Waals surface area contributed by atoms with Crippen LogP contribution in [0.4, 0.5) is 0 Å². The van der Waals surface area contributed by atoms with Gasteiger partial charge in [-0.2, -0.15) is 0 Å². The third-order valence-electron chi connectivity index (χ3n) is 7.04. The molecule has 0 saturated heterocycles. The molecule has 4 heteroatoms. The first-order valence-electron chi connectivity index (χ1n) is 10.7. The van der Waals surface area contributed by atoms with E-state index in [0.29, 0.717) is 7.25 Å². The molecule has 160 valence electrons. The van der Waals surface area contributed by atoms with E-state index in [-0.39, 0.29) is 31.5 Å². The average Bonchev–Trinajstić information content (AvgIpc) is 3.24. The maximum atomic E-state index is 2.79. The van der Waals surface area contributed by atoms with Gasteiger partial charge in [0.25, 0.3) is 0 Å². The Morgan fingerprint density at radius 2 is 1.03 bits per heavy atom. The predicted molar refractivity (Wildman–Crippen MR) is 141 cm³/mol. The zero-order valence-electron chi connectivity index (χ0n) is 18.3. The number of benzene rings is 3. The van der Waals surface area contributed by atoms with Crippen LogP contribution < -0.4 is 5.19 Å². The summed E-state index contributed by atoms with van der Waals surface area (Å²) in [5.74, 6) is 0. The molecule has 0 spiro atoms. The molecule has 5 rings (SSSR count). The molecule has 0 fully saturated rings. The Hall–Kier alpha value is -1.18. The van der Waals surface area contributed by atoms with E-state index in [9.17, 15) is 0 Å². The van der Waals surface area contributed by atoms with Crippen LogP contribution in [0.5, 0.6) is 0 Å². The average molecular weight is 545 g/mol. The van der Waals surface area contributed by atoms with Crippen molar-refractivity contribution < 1.29 is 19.4 Å². The Morgan fingerprint density at radius 1 is 0.613 bits per heavy atom. The van der Waals surface area contributed by atoms with Crippen molar-refractivity contribution in [3.05, 3.63) is 112 Å². The first-order chi connectivity index (χ1) is 14.1. The van der Waals surface area contributed by atoms with Gasteiger partial charge in [-0.1, -0.05) is 0 Å². The predicted octanol–water partition coefficient (Wildman–Crippen LogP) is 6.76. The van der Waals surface area contributed by atoms with Gasteiger partial charge in [0.15, 0.2) is 0 Å². The molecule has 0 amide bonds. The number of hydrogen-bond donors (Lipinski definition) is 0. The second-order valence-electron chi connectivity index (χ2n) is 9.07. The van der Waals surface area contributed by atoms with E-state index in [0.717, 1.165) is 0 Å². The van der Waals surface area contributed by atoms with Crippen LogP contribution in [0, 0.1) is 0 Å². The molecule has 31 heavy (non-hydrogen) atoms. The molecule has 2 atom stereocenters. The van der Waals surface area contributed by atoms with Crippen LogP contribution in [0.1, 0.15) is 43.4 Å². The van der Waals surface area contributed by atoms with Crippen molar-refractivity contribution in [3.63, 3.8) is 0 Å². The Balaban J connectivity index is 0.00000136. The number of fused-ring (bicyclic) bond motifs is 2. The molecular weight excluding hydrogens is 515 g/mol. The van der Waals surface area contributed by atoms with Crippen LogP contribution in [-0.4, -0.2) is 6.65 Å². The molecule has 0 heterocycles. The number of rotatable bonds is 4. The minimum absolute atomic E-state index is 0. The molecular formula is C27H30Cl2SiZr. The molecule has 0 aromatic heterocycles. The first-order valence-corrected chi connectivity index (χ1v) is 22.6. The quantitative estimate of drug-likeness (QED) is 0.319. The Kier molecular flexibility index (Phi) is 7.70. The van der Waals surface area contributed by atoms with Crippen LogP contribution in [0.3, 0.4) is 0 Å². The molecule has 0 N–H and O–H groups in total. The van der Waals surface area contributed by atoms with Gasteiger partial charge in [-0.15, -0.1) is 24.8 Å². The summed E-state index contributed by atoms with van der Waals surface area (Å²) in [7, 11) is 0. The van der Waals surface area contributed by atoms with Crippen molar-refractivity contribution in [2.24, 2.45) is 0 Å². The van der Waals surface area contributed by atoms with E-state index in [4.69, 9.17) is 0 Å². The van der Waals surface area contributed by atoms with E-state index in [1.54, 1.807) is 27.5 Å². The molecule has 2 aliphatic rings. The van der Waals surface area contributed by atoms with Crippen LogP contribution in [0.15, 0.2) is 90.0 Å². The normalized spacial score (nSPS) is 20.7. The Morgan fingerprint density at radius 3 is 1.52 bits per heavy atom. The van der Waals surface area contributed by atoms with Gasteiger partial charge in [0.2, 0.25) is 0 Å². The summed E-state index contributed by atoms with van der Waals surface area (Å²) in [4.78, 5) is 0. The maximum Gasteiger partial charge on any atom is -0.147 e. The zero-order chi connectivity index (χ0) is 20.0. The van der Waals surface area contributed by atoms with Gasteiger partial charge < -0.3 is 0 Å². The molecule has 0 bridgehead atoms. The molecule has 3 aromatic rings. The fourth-order valence-electron chi connectivity index (χ4n) is 6.12. The van der Waals surface area contributed by atoms with E-state index >= 15 is 0 Å². The van der Waals surface area contributed by atoms with Crippen molar-refractivity contribution in [2.75, 3.05) is 0 Å². The van der Waals surface area contributed by atoms with E-state index in [2.05, 4.69) is 109 Å². The summed E-state index contributed by atoms with van der Waals surface area (Å²) < 4.78 is 4.17. The number of allylic oxidation sites excluding steroid dienone is 2.